The van der Waals surface area contributed by atoms with Gasteiger partial charge in [-0.15, -0.1) is 0 Å². The fraction of sp³-hybridized carbons (Fsp3) is 0.444. The fourth-order valence-corrected chi connectivity index (χ4v) is 4.96. The highest BCUT2D eigenvalue weighted by molar-refractivity contribution is 6.08. The van der Waals surface area contributed by atoms with E-state index in [4.69, 9.17) is 5.73 Å². The Labute approximate surface area is 201 Å². The van der Waals surface area contributed by atoms with Crippen molar-refractivity contribution in [3.63, 3.8) is 0 Å². The number of carbonyl (C=O) groups is 3. The zero-order chi connectivity index (χ0) is 24.5. The van der Waals surface area contributed by atoms with Crippen LogP contribution in [0.25, 0.3) is 0 Å². The van der Waals surface area contributed by atoms with Crippen molar-refractivity contribution in [2.45, 2.75) is 52.5 Å². The van der Waals surface area contributed by atoms with E-state index in [1.807, 2.05) is 50.2 Å². The van der Waals surface area contributed by atoms with Gasteiger partial charge >= 0.3 is 0 Å². The molecule has 1 saturated heterocycles. The third-order valence-electron chi connectivity index (χ3n) is 7.23. The maximum absolute atomic E-state index is 13.8. The Morgan fingerprint density at radius 1 is 1.06 bits per heavy atom. The van der Waals surface area contributed by atoms with Gasteiger partial charge in [0.15, 0.2) is 0 Å². The lowest BCUT2D eigenvalue weighted by molar-refractivity contribution is -0.133. The lowest BCUT2D eigenvalue weighted by Gasteiger charge is -2.28. The first-order valence-electron chi connectivity index (χ1n) is 12.1. The fourth-order valence-electron chi connectivity index (χ4n) is 4.96. The summed E-state index contributed by atoms with van der Waals surface area (Å²) in [5.74, 6) is -0.863. The summed E-state index contributed by atoms with van der Waals surface area (Å²) in [5.41, 5.74) is 9.12. The van der Waals surface area contributed by atoms with Gasteiger partial charge < -0.3 is 20.9 Å². The van der Waals surface area contributed by atoms with Crippen LogP contribution < -0.4 is 20.9 Å². The van der Waals surface area contributed by atoms with Crippen LogP contribution >= 0.6 is 0 Å². The van der Waals surface area contributed by atoms with Gasteiger partial charge in [0.25, 0.3) is 5.91 Å². The number of nitrogens with one attached hydrogen (secondary N) is 1. The van der Waals surface area contributed by atoms with Crippen molar-refractivity contribution in [2.24, 2.45) is 11.1 Å². The average Bonchev–Trinajstić information content (AvgIpc) is 3.29. The number of benzene rings is 2. The molecule has 4 rings (SSSR count). The molecule has 1 unspecified atom stereocenters. The Bertz CT molecular complexity index is 1110. The molecule has 0 aromatic heterocycles. The number of hydrogen-bond acceptors (Lipinski definition) is 4. The SMILES string of the molecule is Cc1cc(N2CCCC2)ccc1C(=O)N1CCC(C)(C(=O)N[C@@H](C)C(N)=O)Cc2ccccc21. The van der Waals surface area contributed by atoms with Gasteiger partial charge in [-0.3, -0.25) is 14.4 Å². The molecule has 0 bridgehead atoms. The van der Waals surface area contributed by atoms with Crippen molar-refractivity contribution in [1.29, 1.82) is 0 Å². The number of amides is 3. The van der Waals surface area contributed by atoms with Crippen LogP contribution in [0.15, 0.2) is 42.5 Å². The molecule has 0 saturated carbocycles. The second kappa shape index (κ2) is 9.49. The molecule has 0 spiro atoms. The van der Waals surface area contributed by atoms with Crippen molar-refractivity contribution >= 4 is 29.1 Å². The molecule has 180 valence electrons. The van der Waals surface area contributed by atoms with E-state index in [0.717, 1.165) is 35.6 Å². The summed E-state index contributed by atoms with van der Waals surface area (Å²) < 4.78 is 0. The van der Waals surface area contributed by atoms with Crippen LogP contribution in [-0.2, 0) is 16.0 Å². The van der Waals surface area contributed by atoms with Gasteiger partial charge in [-0.05, 0) is 74.9 Å². The van der Waals surface area contributed by atoms with E-state index in [2.05, 4.69) is 16.3 Å². The summed E-state index contributed by atoms with van der Waals surface area (Å²) in [6.45, 7) is 7.97. The molecule has 7 nitrogen and oxygen atoms in total. The van der Waals surface area contributed by atoms with E-state index in [-0.39, 0.29) is 11.8 Å². The minimum absolute atomic E-state index is 0.0620. The van der Waals surface area contributed by atoms with Gasteiger partial charge in [0.1, 0.15) is 6.04 Å². The summed E-state index contributed by atoms with van der Waals surface area (Å²) in [4.78, 5) is 42.5. The van der Waals surface area contributed by atoms with Crippen LogP contribution in [0.2, 0.25) is 0 Å². The quantitative estimate of drug-likeness (QED) is 0.713. The van der Waals surface area contributed by atoms with E-state index in [1.54, 1.807) is 11.8 Å². The second-order valence-corrected chi connectivity index (χ2v) is 9.86. The Morgan fingerprint density at radius 3 is 2.44 bits per heavy atom. The average molecular weight is 463 g/mol. The summed E-state index contributed by atoms with van der Waals surface area (Å²) in [7, 11) is 0. The Morgan fingerprint density at radius 2 is 1.76 bits per heavy atom. The molecule has 0 radical (unpaired) electrons. The zero-order valence-corrected chi connectivity index (χ0v) is 20.3. The lowest BCUT2D eigenvalue weighted by atomic mass is 9.80. The normalized spacial score (nSPS) is 20.9. The van der Waals surface area contributed by atoms with E-state index >= 15 is 0 Å². The van der Waals surface area contributed by atoms with Crippen molar-refractivity contribution in [3.05, 3.63) is 59.2 Å². The van der Waals surface area contributed by atoms with Gasteiger partial charge in [-0.2, -0.15) is 0 Å². The zero-order valence-electron chi connectivity index (χ0n) is 20.3. The first-order chi connectivity index (χ1) is 16.2. The number of para-hydroxylation sites is 1. The van der Waals surface area contributed by atoms with Crippen molar-refractivity contribution in [3.8, 4) is 0 Å². The molecule has 2 aromatic rings. The Kier molecular flexibility index (Phi) is 6.64. The number of aryl methyl sites for hydroxylation is 1. The minimum atomic E-state index is -0.774. The Hall–Kier alpha value is -3.35. The largest absolute Gasteiger partial charge is 0.372 e. The number of hydrogen-bond donors (Lipinski definition) is 2. The molecule has 2 aromatic carbocycles. The molecule has 2 heterocycles. The van der Waals surface area contributed by atoms with E-state index < -0.39 is 17.4 Å². The highest BCUT2D eigenvalue weighted by Gasteiger charge is 2.39. The first-order valence-corrected chi connectivity index (χ1v) is 12.1. The number of fused-ring (bicyclic) bond motifs is 1. The second-order valence-electron chi connectivity index (χ2n) is 9.86. The van der Waals surface area contributed by atoms with Crippen LogP contribution in [0.4, 0.5) is 11.4 Å². The van der Waals surface area contributed by atoms with Gasteiger partial charge in [-0.25, -0.2) is 0 Å². The molecular weight excluding hydrogens is 428 g/mol. The smallest absolute Gasteiger partial charge is 0.258 e. The molecule has 0 aliphatic carbocycles. The maximum Gasteiger partial charge on any atom is 0.258 e. The minimum Gasteiger partial charge on any atom is -0.372 e. The van der Waals surface area contributed by atoms with Crippen LogP contribution in [0.3, 0.4) is 0 Å². The topological polar surface area (TPSA) is 95.7 Å². The third-order valence-corrected chi connectivity index (χ3v) is 7.23. The van der Waals surface area contributed by atoms with Gasteiger partial charge in [-0.1, -0.05) is 25.1 Å². The molecule has 2 aliphatic heterocycles. The molecule has 7 heteroatoms. The van der Waals surface area contributed by atoms with E-state index in [1.165, 1.54) is 12.8 Å². The van der Waals surface area contributed by atoms with E-state index in [0.29, 0.717) is 24.9 Å². The number of rotatable bonds is 5. The summed E-state index contributed by atoms with van der Waals surface area (Å²) in [6.07, 6.45) is 3.34. The number of anilines is 2. The molecule has 2 atom stereocenters. The highest BCUT2D eigenvalue weighted by atomic mass is 16.2. The number of carbonyl (C=O) groups excluding carboxylic acids is 3. The summed E-state index contributed by atoms with van der Waals surface area (Å²) in [6, 6.07) is 13.1. The van der Waals surface area contributed by atoms with Gasteiger partial charge in [0, 0.05) is 36.6 Å². The number of nitrogens with zero attached hydrogens (tertiary/aromatic N) is 2. The van der Waals surface area contributed by atoms with Crippen LogP contribution in [0.1, 0.15) is 54.6 Å². The van der Waals surface area contributed by atoms with Gasteiger partial charge in [0.05, 0.1) is 5.41 Å². The molecule has 3 amide bonds. The van der Waals surface area contributed by atoms with Crippen molar-refractivity contribution in [1.82, 2.24) is 5.32 Å². The molecule has 34 heavy (non-hydrogen) atoms. The maximum atomic E-state index is 13.8. The summed E-state index contributed by atoms with van der Waals surface area (Å²) >= 11 is 0. The predicted octanol–water partition coefficient (Wildman–Crippen LogP) is 3.18. The predicted molar refractivity (Wildman–Crippen MR) is 134 cm³/mol. The van der Waals surface area contributed by atoms with Crippen LogP contribution in [0, 0.1) is 12.3 Å². The first kappa shape index (κ1) is 23.8. The molecule has 3 N–H and O–H groups in total. The van der Waals surface area contributed by atoms with Crippen LogP contribution in [0.5, 0.6) is 0 Å². The molecule has 1 fully saturated rings. The van der Waals surface area contributed by atoms with Gasteiger partial charge in [0.2, 0.25) is 11.8 Å². The summed E-state index contributed by atoms with van der Waals surface area (Å²) in [5, 5.41) is 2.74. The van der Waals surface area contributed by atoms with E-state index in [9.17, 15) is 14.4 Å². The number of nitrogens with two attached hydrogens (primary N) is 1. The van der Waals surface area contributed by atoms with Crippen molar-refractivity contribution < 1.29 is 14.4 Å². The lowest BCUT2D eigenvalue weighted by Crippen LogP contribution is -2.49. The molecular formula is C27H34N4O3. The van der Waals surface area contributed by atoms with Crippen molar-refractivity contribution in [2.75, 3.05) is 29.4 Å². The van der Waals surface area contributed by atoms with Crippen LogP contribution in [-0.4, -0.2) is 43.4 Å². The number of primary amides is 1. The highest BCUT2D eigenvalue weighted by Crippen LogP contribution is 2.37. The molecule has 2 aliphatic rings. The Balaban J connectivity index is 1.62. The third kappa shape index (κ3) is 4.65. The monoisotopic (exact) mass is 462 g/mol. The standard InChI is InChI=1S/C27H34N4O3/c1-18-16-21(30-13-6-7-14-30)10-11-22(18)25(33)31-15-12-27(3,26(34)29-19(2)24(28)32)17-20-8-4-5-9-23(20)31/h4-5,8-11,16,19H,6-7,12-15,17H2,1-3H3,(H2,28,32)(H,29,34)/t19-,27?/m0/s1.